The van der Waals surface area contributed by atoms with Crippen LogP contribution in [0.1, 0.15) is 11.1 Å². The highest BCUT2D eigenvalue weighted by atomic mass is 79.9. The van der Waals surface area contributed by atoms with E-state index < -0.39 is 0 Å². The maximum Gasteiger partial charge on any atom is 0.134 e. The standard InChI is InChI=1S/C14H11BrFNO2/c15-13-7-10(8-17-18)4-5-14(13)19-9-11-2-1-3-12(16)6-11/h1-8,18H,9H2. The Hall–Kier alpha value is -1.88. The molecule has 0 saturated heterocycles. The Bertz CT molecular complexity index is 602. The van der Waals surface area contributed by atoms with Gasteiger partial charge in [-0.15, -0.1) is 0 Å². The van der Waals surface area contributed by atoms with E-state index in [2.05, 4.69) is 21.1 Å². The number of rotatable bonds is 4. The molecule has 1 N–H and O–H groups in total. The number of benzene rings is 2. The topological polar surface area (TPSA) is 41.8 Å². The van der Waals surface area contributed by atoms with Gasteiger partial charge in [-0.05, 0) is 57.4 Å². The fraction of sp³-hybridized carbons (Fsp3) is 0.0714. The molecule has 0 unspecified atom stereocenters. The lowest BCUT2D eigenvalue weighted by Crippen LogP contribution is -1.97. The van der Waals surface area contributed by atoms with Crippen LogP contribution < -0.4 is 4.74 Å². The van der Waals surface area contributed by atoms with E-state index in [4.69, 9.17) is 9.94 Å². The average molecular weight is 324 g/mol. The molecular formula is C14H11BrFNO2. The summed E-state index contributed by atoms with van der Waals surface area (Å²) in [7, 11) is 0. The fourth-order valence-corrected chi connectivity index (χ4v) is 2.08. The molecular weight excluding hydrogens is 313 g/mol. The van der Waals surface area contributed by atoms with Gasteiger partial charge in [-0.2, -0.15) is 0 Å². The van der Waals surface area contributed by atoms with E-state index in [0.717, 1.165) is 15.6 Å². The largest absolute Gasteiger partial charge is 0.488 e. The molecule has 0 saturated carbocycles. The molecule has 0 aliphatic heterocycles. The van der Waals surface area contributed by atoms with Gasteiger partial charge in [0.05, 0.1) is 10.7 Å². The van der Waals surface area contributed by atoms with Crippen LogP contribution in [0, 0.1) is 5.82 Å². The van der Waals surface area contributed by atoms with E-state index in [1.54, 1.807) is 30.3 Å². The molecule has 0 atom stereocenters. The summed E-state index contributed by atoms with van der Waals surface area (Å²) < 4.78 is 19.3. The van der Waals surface area contributed by atoms with Gasteiger partial charge < -0.3 is 9.94 Å². The first kappa shape index (κ1) is 13.5. The third kappa shape index (κ3) is 3.79. The first-order valence-electron chi connectivity index (χ1n) is 5.53. The molecule has 0 fully saturated rings. The van der Waals surface area contributed by atoms with Crippen LogP contribution >= 0.6 is 15.9 Å². The third-order valence-electron chi connectivity index (χ3n) is 2.45. The lowest BCUT2D eigenvalue weighted by atomic mass is 10.2. The molecule has 5 heteroatoms. The van der Waals surface area contributed by atoms with Crippen LogP contribution in [0.2, 0.25) is 0 Å². The molecule has 3 nitrogen and oxygen atoms in total. The van der Waals surface area contributed by atoms with Crippen molar-refractivity contribution in [3.05, 3.63) is 63.9 Å². The second kappa shape index (κ2) is 6.33. The van der Waals surface area contributed by atoms with Crippen molar-refractivity contribution in [1.29, 1.82) is 0 Å². The Labute approximate surface area is 118 Å². The molecule has 0 spiro atoms. The SMILES string of the molecule is ON=Cc1ccc(OCc2cccc(F)c2)c(Br)c1. The Morgan fingerprint density at radius 1 is 1.26 bits per heavy atom. The molecule has 0 radical (unpaired) electrons. The van der Waals surface area contributed by atoms with Gasteiger partial charge in [0.1, 0.15) is 18.2 Å². The van der Waals surface area contributed by atoms with Crippen LogP contribution in [0.3, 0.4) is 0 Å². The number of ether oxygens (including phenoxy) is 1. The first-order chi connectivity index (χ1) is 9.19. The molecule has 2 aromatic carbocycles. The minimum Gasteiger partial charge on any atom is -0.488 e. The van der Waals surface area contributed by atoms with E-state index >= 15 is 0 Å². The molecule has 0 amide bonds. The second-order valence-corrected chi connectivity index (χ2v) is 4.71. The van der Waals surface area contributed by atoms with Crippen LogP contribution in [-0.2, 0) is 6.61 Å². The van der Waals surface area contributed by atoms with Gasteiger partial charge in [-0.25, -0.2) is 4.39 Å². The van der Waals surface area contributed by atoms with Crippen LogP contribution in [0.25, 0.3) is 0 Å². The number of nitrogens with zero attached hydrogens (tertiary/aromatic N) is 1. The monoisotopic (exact) mass is 323 g/mol. The van der Waals surface area contributed by atoms with Crippen LogP contribution in [0.4, 0.5) is 4.39 Å². The van der Waals surface area contributed by atoms with E-state index in [1.165, 1.54) is 18.3 Å². The van der Waals surface area contributed by atoms with Crippen molar-refractivity contribution in [2.24, 2.45) is 5.16 Å². The van der Waals surface area contributed by atoms with Crippen molar-refractivity contribution in [2.45, 2.75) is 6.61 Å². The summed E-state index contributed by atoms with van der Waals surface area (Å²) in [6, 6.07) is 11.5. The highest BCUT2D eigenvalue weighted by Gasteiger charge is 2.03. The molecule has 0 aliphatic rings. The summed E-state index contributed by atoms with van der Waals surface area (Å²) in [5.41, 5.74) is 1.50. The number of hydrogen-bond acceptors (Lipinski definition) is 3. The third-order valence-corrected chi connectivity index (χ3v) is 3.07. The Kier molecular flexibility index (Phi) is 4.52. The average Bonchev–Trinajstić information content (AvgIpc) is 2.38. The molecule has 2 rings (SSSR count). The summed E-state index contributed by atoms with van der Waals surface area (Å²) in [5.74, 6) is 0.356. The zero-order valence-corrected chi connectivity index (χ0v) is 11.5. The lowest BCUT2D eigenvalue weighted by molar-refractivity contribution is 0.303. The van der Waals surface area contributed by atoms with Crippen molar-refractivity contribution in [1.82, 2.24) is 0 Å². The van der Waals surface area contributed by atoms with Crippen molar-refractivity contribution in [2.75, 3.05) is 0 Å². The van der Waals surface area contributed by atoms with Crippen molar-refractivity contribution in [3.8, 4) is 5.75 Å². The molecule has 19 heavy (non-hydrogen) atoms. The van der Waals surface area contributed by atoms with E-state index in [9.17, 15) is 4.39 Å². The van der Waals surface area contributed by atoms with E-state index in [0.29, 0.717) is 5.75 Å². The van der Waals surface area contributed by atoms with Crippen LogP contribution in [0.5, 0.6) is 5.75 Å². The predicted molar refractivity (Wildman–Crippen MR) is 74.3 cm³/mol. The molecule has 0 aliphatic carbocycles. The zero-order chi connectivity index (χ0) is 13.7. The molecule has 0 bridgehead atoms. The minimum absolute atomic E-state index is 0.282. The van der Waals surface area contributed by atoms with E-state index in [-0.39, 0.29) is 12.4 Å². The quantitative estimate of drug-likeness (QED) is 0.525. The first-order valence-corrected chi connectivity index (χ1v) is 6.32. The summed E-state index contributed by atoms with van der Waals surface area (Å²) in [4.78, 5) is 0. The Morgan fingerprint density at radius 2 is 2.11 bits per heavy atom. The van der Waals surface area contributed by atoms with E-state index in [1.807, 2.05) is 0 Å². The van der Waals surface area contributed by atoms with Gasteiger partial charge in [0.15, 0.2) is 0 Å². The number of halogens is 2. The molecule has 98 valence electrons. The van der Waals surface area contributed by atoms with Crippen LogP contribution in [0.15, 0.2) is 52.1 Å². The zero-order valence-electron chi connectivity index (χ0n) is 9.88. The summed E-state index contributed by atoms with van der Waals surface area (Å²) in [6.45, 7) is 0.282. The van der Waals surface area contributed by atoms with Gasteiger partial charge in [0.2, 0.25) is 0 Å². The molecule has 0 heterocycles. The van der Waals surface area contributed by atoms with Gasteiger partial charge >= 0.3 is 0 Å². The maximum atomic E-state index is 13.0. The normalized spacial score (nSPS) is 10.8. The Balaban J connectivity index is 2.07. The number of oxime groups is 1. The molecule has 2 aromatic rings. The number of hydrogen-bond donors (Lipinski definition) is 1. The van der Waals surface area contributed by atoms with Gasteiger partial charge in [0.25, 0.3) is 0 Å². The highest BCUT2D eigenvalue weighted by Crippen LogP contribution is 2.26. The summed E-state index contributed by atoms with van der Waals surface area (Å²) in [6.07, 6.45) is 1.32. The minimum atomic E-state index is -0.283. The van der Waals surface area contributed by atoms with Crippen molar-refractivity contribution < 1.29 is 14.3 Å². The summed E-state index contributed by atoms with van der Waals surface area (Å²) in [5, 5.41) is 11.4. The van der Waals surface area contributed by atoms with Gasteiger partial charge in [0, 0.05) is 0 Å². The Morgan fingerprint density at radius 3 is 2.79 bits per heavy atom. The lowest BCUT2D eigenvalue weighted by Gasteiger charge is -2.08. The molecule has 0 aromatic heterocycles. The van der Waals surface area contributed by atoms with Crippen LogP contribution in [-0.4, -0.2) is 11.4 Å². The smallest absolute Gasteiger partial charge is 0.134 e. The van der Waals surface area contributed by atoms with Gasteiger partial charge in [-0.1, -0.05) is 17.3 Å². The summed E-state index contributed by atoms with van der Waals surface area (Å²) >= 11 is 3.36. The second-order valence-electron chi connectivity index (χ2n) is 3.85. The highest BCUT2D eigenvalue weighted by molar-refractivity contribution is 9.10. The maximum absolute atomic E-state index is 13.0. The van der Waals surface area contributed by atoms with Crippen molar-refractivity contribution >= 4 is 22.1 Å². The predicted octanol–water partition coefficient (Wildman–Crippen LogP) is 3.98. The van der Waals surface area contributed by atoms with Crippen molar-refractivity contribution in [3.63, 3.8) is 0 Å². The van der Waals surface area contributed by atoms with Gasteiger partial charge in [-0.3, -0.25) is 0 Å². The fourth-order valence-electron chi connectivity index (χ4n) is 1.57.